The van der Waals surface area contributed by atoms with Gasteiger partial charge < -0.3 is 19.5 Å². The highest BCUT2D eigenvalue weighted by molar-refractivity contribution is 5.99. The zero-order valence-electron chi connectivity index (χ0n) is 16.8. The topological polar surface area (TPSA) is 73.9 Å². The number of esters is 1. The molecule has 1 N–H and O–H groups in total. The second-order valence-electron chi connectivity index (χ2n) is 7.13. The Kier molecular flexibility index (Phi) is 7.66. The van der Waals surface area contributed by atoms with Crippen LogP contribution in [0.25, 0.3) is 0 Å². The van der Waals surface area contributed by atoms with E-state index in [1.165, 1.54) is 7.11 Å². The Balaban J connectivity index is 2.25. The zero-order chi connectivity index (χ0) is 19.9. The van der Waals surface area contributed by atoms with Crippen LogP contribution in [0.5, 0.6) is 5.75 Å². The molecule has 0 unspecified atom stereocenters. The molecule has 0 heterocycles. The van der Waals surface area contributed by atoms with Crippen LogP contribution in [0.15, 0.2) is 18.2 Å². The molecule has 0 spiro atoms. The molecule has 0 aromatic heterocycles. The van der Waals surface area contributed by atoms with E-state index < -0.39 is 11.6 Å². The predicted octanol–water partition coefficient (Wildman–Crippen LogP) is 4.19. The SMILES string of the molecule is CCCO[C@@]1(C(=O)Nc2ccc(OCC)c(C(=O)OC)c2)CCC[C@@H](C)C1. The fourth-order valence-corrected chi connectivity index (χ4v) is 3.61. The zero-order valence-corrected chi connectivity index (χ0v) is 16.8. The van der Waals surface area contributed by atoms with Crippen molar-refractivity contribution in [1.82, 2.24) is 0 Å². The first-order chi connectivity index (χ1) is 13.0. The summed E-state index contributed by atoms with van der Waals surface area (Å²) in [6.07, 6.45) is 4.36. The molecule has 6 heteroatoms. The summed E-state index contributed by atoms with van der Waals surface area (Å²) in [5.41, 5.74) is 0.0109. The smallest absolute Gasteiger partial charge is 0.341 e. The highest BCUT2D eigenvalue weighted by Gasteiger charge is 2.42. The van der Waals surface area contributed by atoms with E-state index in [2.05, 4.69) is 12.2 Å². The van der Waals surface area contributed by atoms with E-state index in [1.807, 2.05) is 13.8 Å². The number of anilines is 1. The van der Waals surface area contributed by atoms with E-state index in [1.54, 1.807) is 18.2 Å². The number of rotatable bonds is 8. The molecule has 1 amide bonds. The molecule has 1 aliphatic carbocycles. The molecule has 150 valence electrons. The third-order valence-electron chi connectivity index (χ3n) is 4.89. The molecule has 2 rings (SSSR count). The number of amides is 1. The molecular formula is C21H31NO5. The standard InChI is InChI=1S/C21H31NO5/c1-5-12-27-21(11-7-8-15(3)14-21)20(24)22-16-9-10-18(26-6-2)17(13-16)19(23)25-4/h9-10,13,15H,5-8,11-12,14H2,1-4H3,(H,22,24)/t15-,21+/m1/s1. The van der Waals surface area contributed by atoms with Crippen molar-refractivity contribution in [2.24, 2.45) is 5.92 Å². The molecule has 2 atom stereocenters. The lowest BCUT2D eigenvalue weighted by Crippen LogP contribution is -2.48. The van der Waals surface area contributed by atoms with Gasteiger partial charge >= 0.3 is 5.97 Å². The highest BCUT2D eigenvalue weighted by Crippen LogP contribution is 2.36. The fourth-order valence-electron chi connectivity index (χ4n) is 3.61. The lowest BCUT2D eigenvalue weighted by atomic mass is 9.78. The van der Waals surface area contributed by atoms with E-state index in [4.69, 9.17) is 14.2 Å². The average Bonchev–Trinajstić information content (AvgIpc) is 2.67. The summed E-state index contributed by atoms with van der Waals surface area (Å²) in [4.78, 5) is 25.2. The van der Waals surface area contributed by atoms with Crippen LogP contribution in [0.1, 0.15) is 63.2 Å². The summed E-state index contributed by atoms with van der Waals surface area (Å²) in [7, 11) is 1.32. The summed E-state index contributed by atoms with van der Waals surface area (Å²) in [5, 5.41) is 2.94. The van der Waals surface area contributed by atoms with Gasteiger partial charge in [0.15, 0.2) is 0 Å². The molecule has 0 saturated heterocycles. The van der Waals surface area contributed by atoms with Gasteiger partial charge in [-0.25, -0.2) is 4.79 Å². The Morgan fingerprint density at radius 1 is 1.30 bits per heavy atom. The minimum atomic E-state index is -0.808. The van der Waals surface area contributed by atoms with Crippen molar-refractivity contribution >= 4 is 17.6 Å². The van der Waals surface area contributed by atoms with Crippen LogP contribution < -0.4 is 10.1 Å². The predicted molar refractivity (Wildman–Crippen MR) is 104 cm³/mol. The Bertz CT molecular complexity index is 660. The largest absolute Gasteiger partial charge is 0.493 e. The quantitative estimate of drug-likeness (QED) is 0.688. The second kappa shape index (κ2) is 9.74. The van der Waals surface area contributed by atoms with Crippen molar-refractivity contribution < 1.29 is 23.8 Å². The molecular weight excluding hydrogens is 346 g/mol. The van der Waals surface area contributed by atoms with E-state index in [-0.39, 0.29) is 11.5 Å². The second-order valence-corrected chi connectivity index (χ2v) is 7.13. The number of carbonyl (C=O) groups is 2. The molecule has 1 aromatic carbocycles. The summed E-state index contributed by atoms with van der Waals surface area (Å²) >= 11 is 0. The summed E-state index contributed by atoms with van der Waals surface area (Å²) in [5.74, 6) is 0.221. The summed E-state index contributed by atoms with van der Waals surface area (Å²) < 4.78 is 16.4. The summed E-state index contributed by atoms with van der Waals surface area (Å²) in [6.45, 7) is 7.02. The number of benzene rings is 1. The van der Waals surface area contributed by atoms with Crippen molar-refractivity contribution in [3.05, 3.63) is 23.8 Å². The van der Waals surface area contributed by atoms with Gasteiger partial charge in [0.2, 0.25) is 0 Å². The van der Waals surface area contributed by atoms with Gasteiger partial charge in [0.05, 0.1) is 13.7 Å². The maximum Gasteiger partial charge on any atom is 0.341 e. The van der Waals surface area contributed by atoms with Gasteiger partial charge in [0.25, 0.3) is 5.91 Å². The Labute approximate surface area is 161 Å². The number of ether oxygens (including phenoxy) is 3. The minimum Gasteiger partial charge on any atom is -0.493 e. The Morgan fingerprint density at radius 3 is 2.70 bits per heavy atom. The van der Waals surface area contributed by atoms with Crippen molar-refractivity contribution in [3.63, 3.8) is 0 Å². The first-order valence-electron chi connectivity index (χ1n) is 9.76. The number of methoxy groups -OCH3 is 1. The minimum absolute atomic E-state index is 0.150. The molecule has 0 aliphatic heterocycles. The molecule has 1 fully saturated rings. The Morgan fingerprint density at radius 2 is 2.07 bits per heavy atom. The molecule has 0 radical (unpaired) electrons. The molecule has 1 aromatic rings. The summed E-state index contributed by atoms with van der Waals surface area (Å²) in [6, 6.07) is 5.00. The number of carbonyl (C=O) groups excluding carboxylic acids is 2. The van der Waals surface area contributed by atoms with Crippen molar-refractivity contribution in [2.75, 3.05) is 25.6 Å². The maximum absolute atomic E-state index is 13.1. The van der Waals surface area contributed by atoms with Crippen molar-refractivity contribution in [1.29, 1.82) is 0 Å². The van der Waals surface area contributed by atoms with E-state index in [0.717, 1.165) is 19.3 Å². The van der Waals surface area contributed by atoms with Crippen LogP contribution >= 0.6 is 0 Å². The molecule has 6 nitrogen and oxygen atoms in total. The number of nitrogens with one attached hydrogen (secondary N) is 1. The van der Waals surface area contributed by atoms with E-state index in [9.17, 15) is 9.59 Å². The lowest BCUT2D eigenvalue weighted by molar-refractivity contribution is -0.148. The van der Waals surface area contributed by atoms with E-state index in [0.29, 0.717) is 43.4 Å². The van der Waals surface area contributed by atoms with Crippen LogP contribution in [0.4, 0.5) is 5.69 Å². The first-order valence-corrected chi connectivity index (χ1v) is 9.76. The van der Waals surface area contributed by atoms with Gasteiger partial charge in [-0.3, -0.25) is 4.79 Å². The lowest BCUT2D eigenvalue weighted by Gasteiger charge is -2.38. The molecule has 1 aliphatic rings. The third kappa shape index (κ3) is 5.22. The van der Waals surface area contributed by atoms with Crippen molar-refractivity contribution in [2.45, 2.75) is 58.5 Å². The van der Waals surface area contributed by atoms with Crippen LogP contribution in [-0.2, 0) is 14.3 Å². The average molecular weight is 377 g/mol. The Hall–Kier alpha value is -2.08. The van der Waals surface area contributed by atoms with Crippen molar-refractivity contribution in [3.8, 4) is 5.75 Å². The monoisotopic (exact) mass is 377 g/mol. The number of hydrogen-bond acceptors (Lipinski definition) is 5. The van der Waals surface area contributed by atoms with E-state index >= 15 is 0 Å². The van der Waals surface area contributed by atoms with Gasteiger partial charge in [-0.15, -0.1) is 0 Å². The molecule has 0 bridgehead atoms. The van der Waals surface area contributed by atoms with Gasteiger partial charge in [-0.05, 0) is 56.7 Å². The van der Waals surface area contributed by atoms with Crippen LogP contribution in [-0.4, -0.2) is 37.8 Å². The first kappa shape index (κ1) is 21.2. The van der Waals surface area contributed by atoms with Crippen LogP contribution in [0.3, 0.4) is 0 Å². The third-order valence-corrected chi connectivity index (χ3v) is 4.89. The van der Waals surface area contributed by atoms with Gasteiger partial charge in [0.1, 0.15) is 16.9 Å². The number of hydrogen-bond donors (Lipinski definition) is 1. The van der Waals surface area contributed by atoms with Crippen LogP contribution in [0, 0.1) is 5.92 Å². The normalized spacial score (nSPS) is 22.1. The molecule has 1 saturated carbocycles. The molecule has 27 heavy (non-hydrogen) atoms. The van der Waals surface area contributed by atoms with Gasteiger partial charge in [-0.2, -0.15) is 0 Å². The fraction of sp³-hybridized carbons (Fsp3) is 0.619. The van der Waals surface area contributed by atoms with Crippen LogP contribution in [0.2, 0.25) is 0 Å². The highest BCUT2D eigenvalue weighted by atomic mass is 16.5. The van der Waals surface area contributed by atoms with Gasteiger partial charge in [-0.1, -0.05) is 20.3 Å². The van der Waals surface area contributed by atoms with Gasteiger partial charge in [0, 0.05) is 12.3 Å². The maximum atomic E-state index is 13.1.